The Morgan fingerprint density at radius 2 is 2.38 bits per heavy atom. The van der Waals surface area contributed by atoms with Crippen LogP contribution in [0.2, 0.25) is 0 Å². The SMILES string of the molecule is COC1CCN(c2ccc(C(C)=O)cn2)C1. The van der Waals surface area contributed by atoms with Gasteiger partial charge in [-0.05, 0) is 25.5 Å². The van der Waals surface area contributed by atoms with E-state index in [1.165, 1.54) is 0 Å². The molecule has 0 radical (unpaired) electrons. The fourth-order valence-electron chi connectivity index (χ4n) is 1.91. The zero-order valence-corrected chi connectivity index (χ0v) is 9.64. The number of aromatic nitrogens is 1. The van der Waals surface area contributed by atoms with Gasteiger partial charge in [-0.15, -0.1) is 0 Å². The molecule has 1 atom stereocenters. The molecule has 1 aliphatic heterocycles. The van der Waals surface area contributed by atoms with Crippen LogP contribution in [-0.4, -0.2) is 37.1 Å². The van der Waals surface area contributed by atoms with Gasteiger partial charge in [-0.3, -0.25) is 4.79 Å². The van der Waals surface area contributed by atoms with Gasteiger partial charge in [0.05, 0.1) is 6.10 Å². The van der Waals surface area contributed by atoms with Gasteiger partial charge in [0.25, 0.3) is 0 Å². The molecular formula is C12H16N2O2. The highest BCUT2D eigenvalue weighted by molar-refractivity contribution is 5.93. The molecule has 0 aromatic carbocycles. The molecule has 0 aliphatic carbocycles. The number of Topliss-reactive ketones (excluding diaryl/α,β-unsaturated/α-hetero) is 1. The quantitative estimate of drug-likeness (QED) is 0.724. The van der Waals surface area contributed by atoms with E-state index >= 15 is 0 Å². The summed E-state index contributed by atoms with van der Waals surface area (Å²) in [7, 11) is 1.74. The number of methoxy groups -OCH3 is 1. The Morgan fingerprint density at radius 3 is 2.88 bits per heavy atom. The lowest BCUT2D eigenvalue weighted by molar-refractivity contribution is 0.101. The number of hydrogen-bond acceptors (Lipinski definition) is 4. The zero-order valence-electron chi connectivity index (χ0n) is 9.64. The van der Waals surface area contributed by atoms with Crippen LogP contribution in [0.5, 0.6) is 0 Å². The first kappa shape index (κ1) is 11.1. The molecule has 1 saturated heterocycles. The Labute approximate surface area is 95.2 Å². The molecular weight excluding hydrogens is 204 g/mol. The number of hydrogen-bond donors (Lipinski definition) is 0. The Bertz CT molecular complexity index is 375. The largest absolute Gasteiger partial charge is 0.380 e. The molecule has 86 valence electrons. The van der Waals surface area contributed by atoms with Gasteiger partial charge in [-0.25, -0.2) is 4.98 Å². The summed E-state index contributed by atoms with van der Waals surface area (Å²) in [6.45, 7) is 3.39. The second-order valence-electron chi connectivity index (χ2n) is 4.05. The van der Waals surface area contributed by atoms with E-state index in [1.807, 2.05) is 12.1 Å². The molecule has 4 heteroatoms. The molecule has 1 fully saturated rings. The van der Waals surface area contributed by atoms with Crippen LogP contribution in [0.25, 0.3) is 0 Å². The number of carbonyl (C=O) groups excluding carboxylic acids is 1. The van der Waals surface area contributed by atoms with Gasteiger partial charge >= 0.3 is 0 Å². The molecule has 0 spiro atoms. The first-order chi connectivity index (χ1) is 7.70. The molecule has 2 rings (SSSR count). The van der Waals surface area contributed by atoms with Crippen molar-refractivity contribution in [3.8, 4) is 0 Å². The number of anilines is 1. The maximum absolute atomic E-state index is 11.1. The van der Waals surface area contributed by atoms with Crippen molar-refractivity contribution in [2.75, 3.05) is 25.1 Å². The van der Waals surface area contributed by atoms with Gasteiger partial charge in [0.2, 0.25) is 0 Å². The number of rotatable bonds is 3. The number of nitrogens with zero attached hydrogens (tertiary/aromatic N) is 2. The normalized spacial score (nSPS) is 20.1. The summed E-state index contributed by atoms with van der Waals surface area (Å²) < 4.78 is 5.30. The number of ether oxygens (including phenoxy) is 1. The van der Waals surface area contributed by atoms with E-state index < -0.39 is 0 Å². The fraction of sp³-hybridized carbons (Fsp3) is 0.500. The minimum absolute atomic E-state index is 0.0511. The number of ketones is 1. The second kappa shape index (κ2) is 4.61. The standard InChI is InChI=1S/C12H16N2O2/c1-9(15)10-3-4-12(13-7-10)14-6-5-11(8-14)16-2/h3-4,7,11H,5-6,8H2,1-2H3. The van der Waals surface area contributed by atoms with Crippen molar-refractivity contribution in [2.45, 2.75) is 19.4 Å². The average Bonchev–Trinajstić information content (AvgIpc) is 2.77. The van der Waals surface area contributed by atoms with Gasteiger partial charge in [-0.1, -0.05) is 0 Å². The van der Waals surface area contributed by atoms with E-state index in [-0.39, 0.29) is 5.78 Å². The first-order valence-electron chi connectivity index (χ1n) is 5.45. The molecule has 2 heterocycles. The number of carbonyl (C=O) groups is 1. The predicted octanol–water partition coefficient (Wildman–Crippen LogP) is 1.51. The lowest BCUT2D eigenvalue weighted by Crippen LogP contribution is -2.23. The molecule has 4 nitrogen and oxygen atoms in total. The van der Waals surface area contributed by atoms with Crippen LogP contribution in [0.3, 0.4) is 0 Å². The lowest BCUT2D eigenvalue weighted by Gasteiger charge is -2.16. The second-order valence-corrected chi connectivity index (χ2v) is 4.05. The maximum Gasteiger partial charge on any atom is 0.161 e. The van der Waals surface area contributed by atoms with E-state index in [0.29, 0.717) is 11.7 Å². The van der Waals surface area contributed by atoms with E-state index in [4.69, 9.17) is 4.74 Å². The van der Waals surface area contributed by atoms with Crippen LogP contribution in [0.4, 0.5) is 5.82 Å². The van der Waals surface area contributed by atoms with Crippen LogP contribution in [0.1, 0.15) is 23.7 Å². The summed E-state index contributed by atoms with van der Waals surface area (Å²) in [5.41, 5.74) is 0.659. The van der Waals surface area contributed by atoms with Crippen molar-refractivity contribution in [2.24, 2.45) is 0 Å². The zero-order chi connectivity index (χ0) is 11.5. The topological polar surface area (TPSA) is 42.4 Å². The molecule has 0 saturated carbocycles. The minimum Gasteiger partial charge on any atom is -0.380 e. The van der Waals surface area contributed by atoms with E-state index in [0.717, 1.165) is 25.3 Å². The summed E-state index contributed by atoms with van der Waals surface area (Å²) >= 11 is 0. The van der Waals surface area contributed by atoms with Crippen LogP contribution in [0, 0.1) is 0 Å². The minimum atomic E-state index is 0.0511. The van der Waals surface area contributed by atoms with Crippen molar-refractivity contribution >= 4 is 11.6 Å². The van der Waals surface area contributed by atoms with Gasteiger partial charge in [0.1, 0.15) is 5.82 Å². The van der Waals surface area contributed by atoms with E-state index in [1.54, 1.807) is 20.2 Å². The average molecular weight is 220 g/mol. The molecule has 1 aromatic heterocycles. The summed E-state index contributed by atoms with van der Waals surface area (Å²) in [5.74, 6) is 0.972. The van der Waals surface area contributed by atoms with E-state index in [9.17, 15) is 4.79 Å². The Balaban J connectivity index is 2.08. The fourth-order valence-corrected chi connectivity index (χ4v) is 1.91. The van der Waals surface area contributed by atoms with Crippen molar-refractivity contribution in [1.29, 1.82) is 0 Å². The van der Waals surface area contributed by atoms with Gasteiger partial charge in [0.15, 0.2) is 5.78 Å². The van der Waals surface area contributed by atoms with Crippen molar-refractivity contribution in [1.82, 2.24) is 4.98 Å². The highest BCUT2D eigenvalue weighted by Crippen LogP contribution is 2.19. The molecule has 0 amide bonds. The van der Waals surface area contributed by atoms with Crippen LogP contribution >= 0.6 is 0 Å². The predicted molar refractivity (Wildman–Crippen MR) is 61.9 cm³/mol. The smallest absolute Gasteiger partial charge is 0.161 e. The Kier molecular flexibility index (Phi) is 3.19. The first-order valence-corrected chi connectivity index (χ1v) is 5.45. The third-order valence-corrected chi connectivity index (χ3v) is 2.96. The maximum atomic E-state index is 11.1. The van der Waals surface area contributed by atoms with Crippen LogP contribution in [0.15, 0.2) is 18.3 Å². The summed E-state index contributed by atoms with van der Waals surface area (Å²) in [6.07, 6.45) is 2.97. The van der Waals surface area contributed by atoms with E-state index in [2.05, 4.69) is 9.88 Å². The van der Waals surface area contributed by atoms with Crippen molar-refractivity contribution in [3.63, 3.8) is 0 Å². The summed E-state index contributed by atoms with van der Waals surface area (Å²) in [5, 5.41) is 0. The summed E-state index contributed by atoms with van der Waals surface area (Å²) in [6, 6.07) is 3.72. The molecule has 1 unspecified atom stereocenters. The van der Waals surface area contributed by atoms with Gasteiger partial charge in [-0.2, -0.15) is 0 Å². The molecule has 0 bridgehead atoms. The summed E-state index contributed by atoms with van der Waals surface area (Å²) in [4.78, 5) is 17.6. The van der Waals surface area contributed by atoms with Crippen molar-refractivity contribution < 1.29 is 9.53 Å². The van der Waals surface area contributed by atoms with Crippen LogP contribution < -0.4 is 4.90 Å². The van der Waals surface area contributed by atoms with Crippen molar-refractivity contribution in [3.05, 3.63) is 23.9 Å². The number of pyridine rings is 1. The van der Waals surface area contributed by atoms with Crippen LogP contribution in [-0.2, 0) is 4.74 Å². The van der Waals surface area contributed by atoms with Gasteiger partial charge in [0, 0.05) is 32.0 Å². The Morgan fingerprint density at radius 1 is 1.56 bits per heavy atom. The highest BCUT2D eigenvalue weighted by atomic mass is 16.5. The molecule has 16 heavy (non-hydrogen) atoms. The molecule has 1 aliphatic rings. The Hall–Kier alpha value is -1.42. The van der Waals surface area contributed by atoms with Gasteiger partial charge < -0.3 is 9.64 Å². The molecule has 0 N–H and O–H groups in total. The third kappa shape index (κ3) is 2.22. The molecule has 1 aromatic rings. The third-order valence-electron chi connectivity index (χ3n) is 2.96. The lowest BCUT2D eigenvalue weighted by atomic mass is 10.2. The highest BCUT2D eigenvalue weighted by Gasteiger charge is 2.22. The monoisotopic (exact) mass is 220 g/mol.